The van der Waals surface area contributed by atoms with Crippen LogP contribution in [0.2, 0.25) is 0 Å². The van der Waals surface area contributed by atoms with Crippen LogP contribution in [0.5, 0.6) is 0 Å². The average molecular weight is 233 g/mol. The summed E-state index contributed by atoms with van der Waals surface area (Å²) >= 11 is 0. The number of hydrogen-bond acceptors (Lipinski definition) is 2. The van der Waals surface area contributed by atoms with Crippen LogP contribution in [0, 0.1) is 5.92 Å². The fraction of sp³-hybridized carbons (Fsp3) is 0.600. The molecule has 0 aromatic heterocycles. The van der Waals surface area contributed by atoms with Crippen molar-refractivity contribution in [2.24, 2.45) is 5.92 Å². The zero-order valence-electron chi connectivity index (χ0n) is 10.9. The van der Waals surface area contributed by atoms with E-state index in [1.807, 2.05) is 0 Å². The van der Waals surface area contributed by atoms with Crippen molar-refractivity contribution < 1.29 is 5.11 Å². The summed E-state index contributed by atoms with van der Waals surface area (Å²) in [7, 11) is 0. The first kappa shape index (κ1) is 12.4. The van der Waals surface area contributed by atoms with Gasteiger partial charge in [-0.05, 0) is 24.3 Å². The van der Waals surface area contributed by atoms with Crippen molar-refractivity contribution in [1.82, 2.24) is 0 Å². The Morgan fingerprint density at radius 1 is 1.29 bits per heavy atom. The van der Waals surface area contributed by atoms with E-state index in [0.717, 1.165) is 37.8 Å². The van der Waals surface area contributed by atoms with Crippen LogP contribution in [0.1, 0.15) is 50.3 Å². The van der Waals surface area contributed by atoms with Crippen molar-refractivity contribution in [1.29, 1.82) is 0 Å². The molecule has 2 heteroatoms. The van der Waals surface area contributed by atoms with Gasteiger partial charge in [-0.25, -0.2) is 0 Å². The van der Waals surface area contributed by atoms with Gasteiger partial charge in [0.25, 0.3) is 0 Å². The molecule has 1 aliphatic rings. The number of aliphatic hydroxyl groups is 1. The third kappa shape index (κ3) is 2.63. The number of para-hydroxylation sites is 1. The molecule has 0 bridgehead atoms. The molecular formula is C15H23NO. The fourth-order valence-electron chi connectivity index (χ4n) is 2.71. The Hall–Kier alpha value is -1.02. The van der Waals surface area contributed by atoms with Crippen molar-refractivity contribution in [3.05, 3.63) is 29.3 Å². The Kier molecular flexibility index (Phi) is 4.06. The summed E-state index contributed by atoms with van der Waals surface area (Å²) in [6.45, 7) is 5.41. The number of rotatable bonds is 5. The first-order chi connectivity index (χ1) is 8.26. The van der Waals surface area contributed by atoms with Gasteiger partial charge in [-0.1, -0.05) is 44.9 Å². The zero-order chi connectivity index (χ0) is 12.3. The lowest BCUT2D eigenvalue weighted by molar-refractivity contribution is 0.142. The summed E-state index contributed by atoms with van der Waals surface area (Å²) in [4.78, 5) is 0. The van der Waals surface area contributed by atoms with Crippen molar-refractivity contribution in [3.63, 3.8) is 0 Å². The van der Waals surface area contributed by atoms with Crippen LogP contribution in [0.25, 0.3) is 0 Å². The lowest BCUT2D eigenvalue weighted by Gasteiger charge is -2.20. The standard InChI is InChI=1S/C15H23NO/c1-3-11(4-2)10-14(17)13-7-5-6-12-8-9-16-15(12)13/h5-7,11,14,16-17H,3-4,8-10H2,1-2H3. The smallest absolute Gasteiger partial charge is 0.0812 e. The number of nitrogens with one attached hydrogen (secondary N) is 1. The summed E-state index contributed by atoms with van der Waals surface area (Å²) in [5.41, 5.74) is 3.63. The summed E-state index contributed by atoms with van der Waals surface area (Å²) in [6.07, 6.45) is 3.94. The van der Waals surface area contributed by atoms with E-state index >= 15 is 0 Å². The monoisotopic (exact) mass is 233 g/mol. The van der Waals surface area contributed by atoms with Crippen LogP contribution in [0.3, 0.4) is 0 Å². The van der Waals surface area contributed by atoms with Crippen LogP contribution in [-0.2, 0) is 6.42 Å². The second kappa shape index (κ2) is 5.54. The lowest BCUT2D eigenvalue weighted by Crippen LogP contribution is -2.08. The van der Waals surface area contributed by atoms with Gasteiger partial charge in [-0.15, -0.1) is 0 Å². The maximum atomic E-state index is 10.4. The van der Waals surface area contributed by atoms with Gasteiger partial charge in [0, 0.05) is 17.8 Å². The van der Waals surface area contributed by atoms with Crippen molar-refractivity contribution in [3.8, 4) is 0 Å². The second-order valence-corrected chi connectivity index (χ2v) is 4.99. The largest absolute Gasteiger partial charge is 0.388 e. The van der Waals surface area contributed by atoms with E-state index < -0.39 is 0 Å². The quantitative estimate of drug-likeness (QED) is 0.815. The summed E-state index contributed by atoms with van der Waals surface area (Å²) in [5, 5.41) is 13.8. The van der Waals surface area contributed by atoms with Gasteiger partial charge in [0.15, 0.2) is 0 Å². The number of anilines is 1. The number of aliphatic hydroxyl groups excluding tert-OH is 1. The Morgan fingerprint density at radius 2 is 2.06 bits per heavy atom. The van der Waals surface area contributed by atoms with E-state index in [1.165, 1.54) is 11.3 Å². The summed E-state index contributed by atoms with van der Waals surface area (Å²) in [5.74, 6) is 0.627. The van der Waals surface area contributed by atoms with Gasteiger partial charge in [-0.3, -0.25) is 0 Å². The van der Waals surface area contributed by atoms with E-state index in [0.29, 0.717) is 5.92 Å². The lowest BCUT2D eigenvalue weighted by atomic mass is 9.91. The highest BCUT2D eigenvalue weighted by Gasteiger charge is 2.20. The molecule has 1 unspecified atom stereocenters. The molecule has 0 fully saturated rings. The molecule has 0 saturated heterocycles. The Bertz CT molecular complexity index is 371. The summed E-state index contributed by atoms with van der Waals surface area (Å²) in [6, 6.07) is 6.28. The maximum Gasteiger partial charge on any atom is 0.0812 e. The molecule has 2 nitrogen and oxygen atoms in total. The van der Waals surface area contributed by atoms with E-state index in [4.69, 9.17) is 0 Å². The highest BCUT2D eigenvalue weighted by molar-refractivity contribution is 5.61. The minimum Gasteiger partial charge on any atom is -0.388 e. The molecule has 0 amide bonds. The highest BCUT2D eigenvalue weighted by Crippen LogP contribution is 2.34. The number of benzene rings is 1. The van der Waals surface area contributed by atoms with Crippen molar-refractivity contribution in [2.75, 3.05) is 11.9 Å². The minimum absolute atomic E-state index is 0.319. The molecule has 2 rings (SSSR count). The van der Waals surface area contributed by atoms with Crippen LogP contribution in [-0.4, -0.2) is 11.7 Å². The first-order valence-electron chi connectivity index (χ1n) is 6.80. The molecule has 0 spiro atoms. The topological polar surface area (TPSA) is 32.3 Å². The highest BCUT2D eigenvalue weighted by atomic mass is 16.3. The minimum atomic E-state index is -0.319. The van der Waals surface area contributed by atoms with Crippen LogP contribution >= 0.6 is 0 Å². The van der Waals surface area contributed by atoms with Gasteiger partial charge in [0.2, 0.25) is 0 Å². The van der Waals surface area contributed by atoms with Crippen LogP contribution < -0.4 is 5.32 Å². The van der Waals surface area contributed by atoms with E-state index in [-0.39, 0.29) is 6.10 Å². The van der Waals surface area contributed by atoms with Crippen molar-refractivity contribution >= 4 is 5.69 Å². The Morgan fingerprint density at radius 3 is 2.76 bits per heavy atom. The predicted octanol–water partition coefficient (Wildman–Crippen LogP) is 3.51. The molecule has 0 radical (unpaired) electrons. The van der Waals surface area contributed by atoms with Crippen LogP contribution in [0.4, 0.5) is 5.69 Å². The van der Waals surface area contributed by atoms with Gasteiger partial charge >= 0.3 is 0 Å². The number of fused-ring (bicyclic) bond motifs is 1. The molecular weight excluding hydrogens is 210 g/mol. The van der Waals surface area contributed by atoms with E-state index in [2.05, 4.69) is 37.4 Å². The molecule has 2 N–H and O–H groups in total. The third-order valence-electron chi connectivity index (χ3n) is 3.95. The number of hydrogen-bond donors (Lipinski definition) is 2. The Labute approximate surface area is 104 Å². The third-order valence-corrected chi connectivity index (χ3v) is 3.95. The molecule has 1 heterocycles. The normalized spacial score (nSPS) is 15.8. The fourth-order valence-corrected chi connectivity index (χ4v) is 2.71. The maximum absolute atomic E-state index is 10.4. The van der Waals surface area contributed by atoms with Crippen molar-refractivity contribution in [2.45, 2.75) is 45.6 Å². The zero-order valence-corrected chi connectivity index (χ0v) is 10.9. The average Bonchev–Trinajstić information content (AvgIpc) is 2.83. The molecule has 1 aliphatic heterocycles. The van der Waals surface area contributed by atoms with Gasteiger partial charge in [0.1, 0.15) is 0 Å². The summed E-state index contributed by atoms with van der Waals surface area (Å²) < 4.78 is 0. The SMILES string of the molecule is CCC(CC)CC(O)c1cccc2c1NCC2. The molecule has 0 saturated carbocycles. The predicted molar refractivity (Wildman–Crippen MR) is 72.3 cm³/mol. The van der Waals surface area contributed by atoms with Gasteiger partial charge in [-0.2, -0.15) is 0 Å². The van der Waals surface area contributed by atoms with Crippen LogP contribution in [0.15, 0.2) is 18.2 Å². The van der Waals surface area contributed by atoms with E-state index in [9.17, 15) is 5.11 Å². The molecule has 1 aromatic carbocycles. The molecule has 0 aliphatic carbocycles. The van der Waals surface area contributed by atoms with E-state index in [1.54, 1.807) is 0 Å². The molecule has 94 valence electrons. The van der Waals surface area contributed by atoms with Gasteiger partial charge < -0.3 is 10.4 Å². The first-order valence-corrected chi connectivity index (χ1v) is 6.80. The second-order valence-electron chi connectivity index (χ2n) is 4.99. The molecule has 1 aromatic rings. The Balaban J connectivity index is 2.14. The molecule has 17 heavy (non-hydrogen) atoms. The molecule has 1 atom stereocenters. The van der Waals surface area contributed by atoms with Gasteiger partial charge in [0.05, 0.1) is 6.10 Å².